The van der Waals surface area contributed by atoms with Crippen molar-refractivity contribution in [1.29, 1.82) is 0 Å². The van der Waals surface area contributed by atoms with Crippen molar-refractivity contribution >= 4 is 11.8 Å². The van der Waals surface area contributed by atoms with E-state index in [-0.39, 0.29) is 4.90 Å². The predicted molar refractivity (Wildman–Crippen MR) is 39.8 cm³/mol. The van der Waals surface area contributed by atoms with Gasteiger partial charge in [-0.1, -0.05) is 0 Å². The van der Waals surface area contributed by atoms with Gasteiger partial charge in [-0.25, -0.2) is 8.78 Å². The summed E-state index contributed by atoms with van der Waals surface area (Å²) < 4.78 is 25.0. The zero-order chi connectivity index (χ0) is 8.43. The molecule has 0 spiro atoms. The Kier molecular flexibility index (Phi) is 2.34. The molecule has 1 aromatic carbocycles. The molecule has 0 aliphatic heterocycles. The van der Waals surface area contributed by atoms with Crippen LogP contribution in [0.25, 0.3) is 0 Å². The van der Waals surface area contributed by atoms with E-state index in [0.717, 1.165) is 17.8 Å². The fourth-order valence-electron chi connectivity index (χ4n) is 0.698. The third-order valence-corrected chi connectivity index (χ3v) is 1.96. The molecule has 1 aromatic rings. The fourth-order valence-corrected chi connectivity index (χ4v) is 1.22. The Morgan fingerprint density at radius 2 is 2.00 bits per heavy atom. The monoisotopic (exact) mass is 176 g/mol. The van der Waals surface area contributed by atoms with Crippen LogP contribution < -0.4 is 0 Å². The number of halogens is 2. The molecule has 4 heteroatoms. The summed E-state index contributed by atoms with van der Waals surface area (Å²) in [7, 11) is 0. The van der Waals surface area contributed by atoms with Crippen LogP contribution in [-0.2, 0) is 0 Å². The molecule has 0 aliphatic rings. The molecule has 0 amide bonds. The third kappa shape index (κ3) is 1.63. The van der Waals surface area contributed by atoms with Gasteiger partial charge in [-0.3, -0.25) is 0 Å². The van der Waals surface area contributed by atoms with Crippen molar-refractivity contribution in [1.82, 2.24) is 0 Å². The zero-order valence-electron chi connectivity index (χ0n) is 5.77. The van der Waals surface area contributed by atoms with E-state index in [1.54, 1.807) is 6.26 Å². The number of phenols is 1. The summed E-state index contributed by atoms with van der Waals surface area (Å²) in [5, 5.41) is 8.96. The Bertz CT molecular complexity index is 275. The average Bonchev–Trinajstić information content (AvgIpc) is 1.96. The van der Waals surface area contributed by atoms with Crippen LogP contribution in [0.3, 0.4) is 0 Å². The molecule has 0 radical (unpaired) electrons. The van der Waals surface area contributed by atoms with E-state index in [9.17, 15) is 8.78 Å². The van der Waals surface area contributed by atoms with Gasteiger partial charge in [0, 0.05) is 6.07 Å². The van der Waals surface area contributed by atoms with Gasteiger partial charge >= 0.3 is 0 Å². The second-order valence-corrected chi connectivity index (χ2v) is 2.79. The van der Waals surface area contributed by atoms with Gasteiger partial charge in [-0.05, 0) is 12.3 Å². The minimum Gasteiger partial charge on any atom is -0.504 e. The van der Waals surface area contributed by atoms with Crippen LogP contribution in [0.5, 0.6) is 5.75 Å². The predicted octanol–water partition coefficient (Wildman–Crippen LogP) is 2.39. The Hall–Kier alpha value is -0.770. The third-order valence-electron chi connectivity index (χ3n) is 1.21. The summed E-state index contributed by atoms with van der Waals surface area (Å²) >= 11 is 1.09. The van der Waals surface area contributed by atoms with E-state index < -0.39 is 17.4 Å². The van der Waals surface area contributed by atoms with Crippen LogP contribution >= 0.6 is 11.8 Å². The average molecular weight is 176 g/mol. The lowest BCUT2D eigenvalue weighted by Gasteiger charge is -2.00. The van der Waals surface area contributed by atoms with Gasteiger partial charge in [0.05, 0.1) is 4.90 Å². The summed E-state index contributed by atoms with van der Waals surface area (Å²) in [5.41, 5.74) is 0. The smallest absolute Gasteiger partial charge is 0.168 e. The highest BCUT2D eigenvalue weighted by atomic mass is 32.2. The first-order valence-electron chi connectivity index (χ1n) is 2.87. The molecule has 0 unspecified atom stereocenters. The van der Waals surface area contributed by atoms with Crippen LogP contribution in [0, 0.1) is 11.6 Å². The molecule has 0 aliphatic carbocycles. The van der Waals surface area contributed by atoms with E-state index in [4.69, 9.17) is 5.11 Å². The molecule has 0 saturated carbocycles. The maximum Gasteiger partial charge on any atom is 0.168 e. The van der Waals surface area contributed by atoms with E-state index in [2.05, 4.69) is 0 Å². The number of phenolic OH excluding ortho intramolecular Hbond substituents is 1. The lowest BCUT2D eigenvalue weighted by atomic mass is 10.3. The highest BCUT2D eigenvalue weighted by Crippen LogP contribution is 2.29. The molecule has 11 heavy (non-hydrogen) atoms. The minimum atomic E-state index is -0.922. The van der Waals surface area contributed by atoms with Crippen LogP contribution in [0.1, 0.15) is 0 Å². The summed E-state index contributed by atoms with van der Waals surface area (Å²) in [4.78, 5) is 0.211. The van der Waals surface area contributed by atoms with E-state index in [1.807, 2.05) is 0 Å². The molecule has 0 fully saturated rings. The molecule has 0 saturated heterocycles. The van der Waals surface area contributed by atoms with Crippen molar-refractivity contribution in [2.75, 3.05) is 6.26 Å². The molecule has 60 valence electrons. The number of benzene rings is 1. The van der Waals surface area contributed by atoms with Gasteiger partial charge < -0.3 is 5.11 Å². The first-order chi connectivity index (χ1) is 5.15. The summed E-state index contributed by atoms with van der Waals surface area (Å²) in [6.45, 7) is 0. The Labute approximate surface area is 67.0 Å². The van der Waals surface area contributed by atoms with Gasteiger partial charge in [-0.15, -0.1) is 11.8 Å². The maximum absolute atomic E-state index is 12.5. The van der Waals surface area contributed by atoms with Crippen LogP contribution in [0.15, 0.2) is 17.0 Å². The molecule has 0 aromatic heterocycles. The standard InChI is InChI=1S/C7H6F2OS/c1-11-6-3-4(8)2-5(9)7(6)10/h2-3,10H,1H3. The van der Waals surface area contributed by atoms with E-state index in [0.29, 0.717) is 6.07 Å². The Morgan fingerprint density at radius 1 is 1.36 bits per heavy atom. The summed E-state index contributed by atoms with van der Waals surface area (Å²) in [6, 6.07) is 1.73. The Balaban J connectivity index is 3.24. The van der Waals surface area contributed by atoms with Crippen LogP contribution in [0.2, 0.25) is 0 Å². The molecule has 1 N–H and O–H groups in total. The number of hydrogen-bond acceptors (Lipinski definition) is 2. The Morgan fingerprint density at radius 3 is 2.55 bits per heavy atom. The molecule has 0 atom stereocenters. The van der Waals surface area contributed by atoms with Crippen LogP contribution in [0.4, 0.5) is 8.78 Å². The fraction of sp³-hybridized carbons (Fsp3) is 0.143. The molecular weight excluding hydrogens is 170 g/mol. The molecule has 0 bridgehead atoms. The number of hydrogen-bond donors (Lipinski definition) is 1. The normalized spacial score (nSPS) is 10.1. The largest absolute Gasteiger partial charge is 0.504 e. The summed E-state index contributed by atoms with van der Waals surface area (Å²) in [6.07, 6.45) is 1.63. The van der Waals surface area contributed by atoms with Gasteiger partial charge in [0.15, 0.2) is 11.6 Å². The van der Waals surface area contributed by atoms with Crippen molar-refractivity contribution in [2.45, 2.75) is 4.90 Å². The first kappa shape index (κ1) is 8.33. The lowest BCUT2D eigenvalue weighted by Crippen LogP contribution is -1.83. The second kappa shape index (κ2) is 3.09. The van der Waals surface area contributed by atoms with Crippen molar-refractivity contribution in [3.05, 3.63) is 23.8 Å². The van der Waals surface area contributed by atoms with Crippen molar-refractivity contribution < 1.29 is 13.9 Å². The van der Waals surface area contributed by atoms with E-state index >= 15 is 0 Å². The van der Waals surface area contributed by atoms with Gasteiger partial charge in [0.25, 0.3) is 0 Å². The van der Waals surface area contributed by atoms with E-state index in [1.165, 1.54) is 0 Å². The lowest BCUT2D eigenvalue weighted by molar-refractivity contribution is 0.414. The van der Waals surface area contributed by atoms with Gasteiger partial charge in [0.1, 0.15) is 5.82 Å². The van der Waals surface area contributed by atoms with Crippen molar-refractivity contribution in [2.24, 2.45) is 0 Å². The first-order valence-corrected chi connectivity index (χ1v) is 4.09. The minimum absolute atomic E-state index is 0.211. The molecular formula is C7H6F2OS. The van der Waals surface area contributed by atoms with Gasteiger partial charge in [-0.2, -0.15) is 0 Å². The molecule has 1 nitrogen and oxygen atoms in total. The highest BCUT2D eigenvalue weighted by molar-refractivity contribution is 7.98. The maximum atomic E-state index is 12.5. The molecule has 0 heterocycles. The highest BCUT2D eigenvalue weighted by Gasteiger charge is 2.08. The topological polar surface area (TPSA) is 20.2 Å². The quantitative estimate of drug-likeness (QED) is 0.663. The summed E-state index contributed by atoms with van der Waals surface area (Å²) in [5.74, 6) is -2.09. The second-order valence-electron chi connectivity index (χ2n) is 1.94. The number of thioether (sulfide) groups is 1. The molecule has 1 rings (SSSR count). The zero-order valence-corrected chi connectivity index (χ0v) is 6.58. The SMILES string of the molecule is CSc1cc(F)cc(F)c1O. The van der Waals surface area contributed by atoms with Gasteiger partial charge in [0.2, 0.25) is 0 Å². The number of rotatable bonds is 1. The van der Waals surface area contributed by atoms with Crippen molar-refractivity contribution in [3.8, 4) is 5.75 Å². The number of aromatic hydroxyl groups is 1. The van der Waals surface area contributed by atoms with Crippen molar-refractivity contribution in [3.63, 3.8) is 0 Å². The van der Waals surface area contributed by atoms with Crippen LogP contribution in [-0.4, -0.2) is 11.4 Å².